The zero-order chi connectivity index (χ0) is 7.68. The van der Waals surface area contributed by atoms with Crippen molar-refractivity contribution in [2.24, 2.45) is 0 Å². The molecule has 0 unspecified atom stereocenters. The first-order valence-corrected chi connectivity index (χ1v) is 3.78. The summed E-state index contributed by atoms with van der Waals surface area (Å²) in [7, 11) is 1.65. The maximum Gasteiger partial charge on any atom is 0.219 e. The molecule has 0 spiro atoms. The second-order valence-corrected chi connectivity index (χ2v) is 2.66. The van der Waals surface area contributed by atoms with E-state index in [1.165, 1.54) is 12.0 Å². The zero-order valence-electron chi connectivity index (χ0n) is 6.50. The molecular formula is C8H10N2O. The lowest BCUT2D eigenvalue weighted by Crippen LogP contribution is -1.96. The van der Waals surface area contributed by atoms with Gasteiger partial charge in [-0.05, 0) is 19.3 Å². The summed E-state index contributed by atoms with van der Waals surface area (Å²) in [5.41, 5.74) is 2.37. The molecule has 1 aliphatic carbocycles. The van der Waals surface area contributed by atoms with E-state index in [9.17, 15) is 0 Å². The minimum Gasteiger partial charge on any atom is -0.481 e. The number of hydrogen-bond acceptors (Lipinski definition) is 3. The van der Waals surface area contributed by atoms with Gasteiger partial charge >= 0.3 is 0 Å². The van der Waals surface area contributed by atoms with Crippen LogP contribution in [-0.4, -0.2) is 17.1 Å². The van der Waals surface area contributed by atoms with Crippen molar-refractivity contribution >= 4 is 0 Å². The fraction of sp³-hybridized carbons (Fsp3) is 0.500. The highest BCUT2D eigenvalue weighted by atomic mass is 16.5. The Labute approximate surface area is 65.4 Å². The second-order valence-electron chi connectivity index (χ2n) is 2.66. The third kappa shape index (κ3) is 0.964. The molecule has 0 radical (unpaired) electrons. The van der Waals surface area contributed by atoms with Crippen molar-refractivity contribution in [1.82, 2.24) is 9.97 Å². The van der Waals surface area contributed by atoms with Crippen LogP contribution in [0.15, 0.2) is 6.33 Å². The third-order valence-corrected chi connectivity index (χ3v) is 2.03. The Bertz CT molecular complexity index is 273. The minimum atomic E-state index is 0.757. The number of fused-ring (bicyclic) bond motifs is 1. The van der Waals surface area contributed by atoms with Crippen molar-refractivity contribution in [2.45, 2.75) is 19.3 Å². The Kier molecular flexibility index (Phi) is 1.49. The average Bonchev–Trinajstić information content (AvgIpc) is 2.50. The normalized spacial score (nSPS) is 14.6. The molecule has 0 atom stereocenters. The first-order chi connectivity index (χ1) is 5.42. The molecule has 0 aliphatic heterocycles. The summed E-state index contributed by atoms with van der Waals surface area (Å²) in [6.07, 6.45) is 4.90. The van der Waals surface area contributed by atoms with E-state index >= 15 is 0 Å². The molecule has 1 aliphatic rings. The van der Waals surface area contributed by atoms with Crippen LogP contribution >= 0.6 is 0 Å². The standard InChI is InChI=1S/C8H10N2O/c1-11-8-6-3-2-4-7(6)9-5-10-8/h5H,2-4H2,1H3. The van der Waals surface area contributed by atoms with Crippen LogP contribution in [0.2, 0.25) is 0 Å². The Morgan fingerprint density at radius 1 is 1.36 bits per heavy atom. The lowest BCUT2D eigenvalue weighted by molar-refractivity contribution is 0.392. The van der Waals surface area contributed by atoms with Crippen molar-refractivity contribution in [3.8, 4) is 5.88 Å². The van der Waals surface area contributed by atoms with Crippen LogP contribution in [0.25, 0.3) is 0 Å². The molecule has 0 saturated carbocycles. The fourth-order valence-electron chi connectivity index (χ4n) is 1.51. The molecule has 3 nitrogen and oxygen atoms in total. The van der Waals surface area contributed by atoms with E-state index in [0.717, 1.165) is 24.4 Å². The van der Waals surface area contributed by atoms with E-state index in [-0.39, 0.29) is 0 Å². The Morgan fingerprint density at radius 2 is 2.27 bits per heavy atom. The molecule has 11 heavy (non-hydrogen) atoms. The topological polar surface area (TPSA) is 35.0 Å². The van der Waals surface area contributed by atoms with Gasteiger partial charge in [-0.2, -0.15) is 0 Å². The van der Waals surface area contributed by atoms with Gasteiger partial charge in [0, 0.05) is 5.56 Å². The SMILES string of the molecule is COc1ncnc2c1CCC2. The summed E-state index contributed by atoms with van der Waals surface area (Å²) in [5.74, 6) is 0.757. The highest BCUT2D eigenvalue weighted by Gasteiger charge is 2.16. The van der Waals surface area contributed by atoms with Gasteiger partial charge in [0.05, 0.1) is 12.8 Å². The molecule has 0 aromatic carbocycles. The van der Waals surface area contributed by atoms with Gasteiger partial charge in [-0.3, -0.25) is 0 Å². The summed E-state index contributed by atoms with van der Waals surface area (Å²) in [6, 6.07) is 0. The van der Waals surface area contributed by atoms with E-state index in [4.69, 9.17) is 4.74 Å². The van der Waals surface area contributed by atoms with Gasteiger partial charge < -0.3 is 4.74 Å². The summed E-state index contributed by atoms with van der Waals surface area (Å²) in [4.78, 5) is 8.21. The maximum atomic E-state index is 5.11. The van der Waals surface area contributed by atoms with Crippen LogP contribution < -0.4 is 4.74 Å². The van der Waals surface area contributed by atoms with E-state index in [0.29, 0.717) is 0 Å². The van der Waals surface area contributed by atoms with Gasteiger partial charge in [0.2, 0.25) is 5.88 Å². The first kappa shape index (κ1) is 6.58. The Hall–Kier alpha value is -1.12. The fourth-order valence-corrected chi connectivity index (χ4v) is 1.51. The van der Waals surface area contributed by atoms with E-state index in [1.807, 2.05) is 0 Å². The van der Waals surface area contributed by atoms with Crippen LogP contribution in [0.3, 0.4) is 0 Å². The quantitative estimate of drug-likeness (QED) is 0.598. The molecule has 0 N–H and O–H groups in total. The smallest absolute Gasteiger partial charge is 0.219 e. The summed E-state index contributed by atoms with van der Waals surface area (Å²) in [5, 5.41) is 0. The highest BCUT2D eigenvalue weighted by Crippen LogP contribution is 2.25. The first-order valence-electron chi connectivity index (χ1n) is 3.78. The maximum absolute atomic E-state index is 5.11. The van der Waals surface area contributed by atoms with Crippen molar-refractivity contribution in [3.63, 3.8) is 0 Å². The number of ether oxygens (including phenoxy) is 1. The largest absolute Gasteiger partial charge is 0.481 e. The number of aryl methyl sites for hydroxylation is 1. The number of rotatable bonds is 1. The van der Waals surface area contributed by atoms with Crippen LogP contribution in [0.5, 0.6) is 5.88 Å². The number of hydrogen-bond donors (Lipinski definition) is 0. The van der Waals surface area contributed by atoms with Gasteiger partial charge in [-0.15, -0.1) is 0 Å². The molecule has 1 aromatic rings. The zero-order valence-corrected chi connectivity index (χ0v) is 6.50. The molecule has 58 valence electrons. The van der Waals surface area contributed by atoms with Crippen molar-refractivity contribution in [3.05, 3.63) is 17.6 Å². The summed E-state index contributed by atoms with van der Waals surface area (Å²) >= 11 is 0. The molecule has 0 amide bonds. The highest BCUT2D eigenvalue weighted by molar-refractivity contribution is 5.32. The lowest BCUT2D eigenvalue weighted by Gasteiger charge is -2.02. The van der Waals surface area contributed by atoms with E-state index in [2.05, 4.69) is 9.97 Å². The van der Waals surface area contributed by atoms with Crippen LogP contribution in [0.4, 0.5) is 0 Å². The second kappa shape index (κ2) is 2.49. The summed E-state index contributed by atoms with van der Waals surface area (Å²) in [6.45, 7) is 0. The van der Waals surface area contributed by atoms with Gasteiger partial charge in [-0.1, -0.05) is 0 Å². The van der Waals surface area contributed by atoms with Crippen molar-refractivity contribution in [2.75, 3.05) is 7.11 Å². The van der Waals surface area contributed by atoms with Gasteiger partial charge in [0.15, 0.2) is 0 Å². The molecule has 3 heteroatoms. The number of aromatic nitrogens is 2. The molecule has 0 fully saturated rings. The number of nitrogens with zero attached hydrogens (tertiary/aromatic N) is 2. The molecule has 1 heterocycles. The van der Waals surface area contributed by atoms with Crippen LogP contribution in [0.1, 0.15) is 17.7 Å². The number of methoxy groups -OCH3 is 1. The average molecular weight is 150 g/mol. The Morgan fingerprint density at radius 3 is 3.09 bits per heavy atom. The van der Waals surface area contributed by atoms with Crippen molar-refractivity contribution in [1.29, 1.82) is 0 Å². The summed E-state index contributed by atoms with van der Waals surface area (Å²) < 4.78 is 5.11. The van der Waals surface area contributed by atoms with Crippen molar-refractivity contribution < 1.29 is 4.74 Å². The van der Waals surface area contributed by atoms with Gasteiger partial charge in [-0.25, -0.2) is 9.97 Å². The third-order valence-electron chi connectivity index (χ3n) is 2.03. The Balaban J connectivity index is 2.50. The van der Waals surface area contributed by atoms with E-state index < -0.39 is 0 Å². The monoisotopic (exact) mass is 150 g/mol. The molecule has 0 bridgehead atoms. The van der Waals surface area contributed by atoms with Gasteiger partial charge in [0.25, 0.3) is 0 Å². The van der Waals surface area contributed by atoms with Gasteiger partial charge in [0.1, 0.15) is 6.33 Å². The molecular weight excluding hydrogens is 140 g/mol. The minimum absolute atomic E-state index is 0.757. The van der Waals surface area contributed by atoms with Crippen LogP contribution in [-0.2, 0) is 12.8 Å². The van der Waals surface area contributed by atoms with E-state index in [1.54, 1.807) is 13.4 Å². The van der Waals surface area contributed by atoms with Crippen LogP contribution in [0, 0.1) is 0 Å². The molecule has 2 rings (SSSR count). The molecule has 1 aromatic heterocycles. The predicted octanol–water partition coefficient (Wildman–Crippen LogP) is 0.974. The lowest BCUT2D eigenvalue weighted by atomic mass is 10.2. The molecule has 0 saturated heterocycles. The predicted molar refractivity (Wildman–Crippen MR) is 40.6 cm³/mol.